The van der Waals surface area contributed by atoms with Gasteiger partial charge in [-0.25, -0.2) is 0 Å². The van der Waals surface area contributed by atoms with E-state index >= 15 is 0 Å². The summed E-state index contributed by atoms with van der Waals surface area (Å²) in [6.45, 7) is 2.39. The van der Waals surface area contributed by atoms with Gasteiger partial charge < -0.3 is 0 Å². The minimum Gasteiger partial charge on any atom is -0.264 e. The Morgan fingerprint density at radius 3 is 3.00 bits per heavy atom. The molecule has 0 saturated carbocycles. The molecule has 2 rings (SSSR count). The molecule has 0 saturated heterocycles. The average Bonchev–Trinajstić information content (AvgIpc) is 2.27. The molecule has 82 valence electrons. The van der Waals surface area contributed by atoms with E-state index in [4.69, 9.17) is 0 Å². The molecule has 0 N–H and O–H groups in total. The second-order valence-corrected chi connectivity index (χ2v) is 13.7. The number of hydrogen-bond acceptors (Lipinski definition) is 1. The Kier molecular flexibility index (Phi) is 4.50. The molecule has 1 heterocycles. The van der Waals surface area contributed by atoms with E-state index in [9.17, 15) is 0 Å². The predicted octanol–water partition coefficient (Wildman–Crippen LogP) is 3.84. The number of nitrogens with zero attached hydrogens (tertiary/aromatic N) is 1. The number of hydrogen-bond donors (Lipinski definition) is 0. The van der Waals surface area contributed by atoms with Crippen molar-refractivity contribution in [3.8, 4) is 0 Å². The Bertz CT molecular complexity index is 344. The molecule has 1 aliphatic carbocycles. The zero-order valence-corrected chi connectivity index (χ0v) is 13.1. The quantitative estimate of drug-likeness (QED) is 0.747. The lowest BCUT2D eigenvalue weighted by Gasteiger charge is -2.34. The highest BCUT2D eigenvalue weighted by molar-refractivity contribution is 8.61. The number of aromatic nitrogens is 1. The van der Waals surface area contributed by atoms with Gasteiger partial charge >= 0.3 is 0 Å². The molecule has 5 heteroatoms. The highest BCUT2D eigenvalue weighted by Gasteiger charge is 2.28. The fourth-order valence-corrected chi connectivity index (χ4v) is 7.99. The van der Waals surface area contributed by atoms with Crippen LogP contribution in [-0.4, -0.2) is 10.6 Å². The van der Waals surface area contributed by atoms with Gasteiger partial charge in [-0.2, -0.15) is 0 Å². The molecule has 0 amide bonds. The van der Waals surface area contributed by atoms with E-state index in [0.717, 1.165) is 19.5 Å². The molecule has 6 atom stereocenters. The van der Waals surface area contributed by atoms with E-state index in [0.29, 0.717) is 0 Å². The van der Waals surface area contributed by atoms with Gasteiger partial charge in [0.25, 0.3) is 0 Å². The van der Waals surface area contributed by atoms with Gasteiger partial charge in [0, 0.05) is 12.4 Å². The van der Waals surface area contributed by atoms with Crippen molar-refractivity contribution in [2.45, 2.75) is 25.4 Å². The molecule has 1 aromatic heterocycles. The van der Waals surface area contributed by atoms with Gasteiger partial charge in [0.05, 0.1) is 0 Å². The Hall–Kier alpha value is 0.870. The van der Waals surface area contributed by atoms with Crippen LogP contribution in [0.15, 0.2) is 18.5 Å². The molecule has 15 heavy (non-hydrogen) atoms. The molecule has 0 aromatic carbocycles. The SMILES string of the molecule is C[C@H]1Cc2cnccc2C[C@@H]1P(P)PP. The van der Waals surface area contributed by atoms with Crippen molar-refractivity contribution in [3.05, 3.63) is 29.6 Å². The summed E-state index contributed by atoms with van der Waals surface area (Å²) in [6, 6.07) is 2.20. The van der Waals surface area contributed by atoms with Crippen molar-refractivity contribution >= 4 is 33.1 Å². The second-order valence-electron chi connectivity index (χ2n) is 4.13. The van der Waals surface area contributed by atoms with Gasteiger partial charge in [0.2, 0.25) is 0 Å². The van der Waals surface area contributed by atoms with E-state index in [2.05, 4.69) is 42.0 Å². The van der Waals surface area contributed by atoms with Gasteiger partial charge in [0.15, 0.2) is 0 Å². The predicted molar refractivity (Wildman–Crippen MR) is 79.3 cm³/mol. The van der Waals surface area contributed by atoms with Crippen molar-refractivity contribution in [2.24, 2.45) is 5.92 Å². The van der Waals surface area contributed by atoms with Crippen LogP contribution in [0.5, 0.6) is 0 Å². The summed E-state index contributed by atoms with van der Waals surface area (Å²) in [7, 11) is 7.14. The van der Waals surface area contributed by atoms with Gasteiger partial charge in [0.1, 0.15) is 0 Å². The van der Waals surface area contributed by atoms with Crippen molar-refractivity contribution in [1.82, 2.24) is 4.98 Å². The summed E-state index contributed by atoms with van der Waals surface area (Å²) in [4.78, 5) is 4.22. The third kappa shape index (κ3) is 2.76. The van der Waals surface area contributed by atoms with Gasteiger partial charge in [-0.3, -0.25) is 4.98 Å². The first-order chi connectivity index (χ1) is 7.22. The van der Waals surface area contributed by atoms with Crippen molar-refractivity contribution < 1.29 is 0 Å². The maximum Gasteiger partial charge on any atom is 0.0302 e. The maximum absolute atomic E-state index is 4.22. The number of rotatable bonds is 2. The number of pyridine rings is 1. The van der Waals surface area contributed by atoms with Crippen LogP contribution in [-0.2, 0) is 12.8 Å². The van der Waals surface area contributed by atoms with Crippen molar-refractivity contribution in [3.63, 3.8) is 0 Å². The Labute approximate surface area is 99.2 Å². The molecule has 0 aliphatic heterocycles. The number of fused-ring (bicyclic) bond motifs is 1. The van der Waals surface area contributed by atoms with E-state index in [-0.39, 0.29) is 7.30 Å². The molecule has 1 nitrogen and oxygen atoms in total. The standard InChI is InChI=1S/C10H17NP4/c1-7-4-9-6-11-3-2-8(9)5-10(7)15(13)14-12/h2-3,6-7,10,14H,4-5,12-13H2,1H3/t7-,10-,15?/m0/s1. The van der Waals surface area contributed by atoms with Gasteiger partial charge in [-0.05, 0) is 41.6 Å². The van der Waals surface area contributed by atoms with E-state index < -0.39 is 0 Å². The fourth-order valence-electron chi connectivity index (χ4n) is 2.22. The molecular weight excluding hydrogens is 258 g/mol. The molecule has 1 aliphatic rings. The molecule has 0 radical (unpaired) electrons. The highest BCUT2D eigenvalue weighted by atomic mass is 32.6. The maximum atomic E-state index is 4.22. The van der Waals surface area contributed by atoms with E-state index in [1.54, 1.807) is 0 Å². The van der Waals surface area contributed by atoms with E-state index in [1.165, 1.54) is 24.0 Å². The van der Waals surface area contributed by atoms with Crippen molar-refractivity contribution in [1.29, 1.82) is 0 Å². The molecule has 4 unspecified atom stereocenters. The van der Waals surface area contributed by atoms with E-state index in [1.807, 2.05) is 6.20 Å². The van der Waals surface area contributed by atoms with Crippen LogP contribution >= 0.6 is 33.1 Å². The summed E-state index contributed by atoms with van der Waals surface area (Å²) >= 11 is 0. The Morgan fingerprint density at radius 1 is 1.47 bits per heavy atom. The Morgan fingerprint density at radius 2 is 2.27 bits per heavy atom. The zero-order chi connectivity index (χ0) is 10.8. The topological polar surface area (TPSA) is 12.9 Å². The largest absolute Gasteiger partial charge is 0.264 e. The van der Waals surface area contributed by atoms with Gasteiger partial charge in [-0.15, -0.1) is 17.9 Å². The van der Waals surface area contributed by atoms with Gasteiger partial charge in [-0.1, -0.05) is 22.2 Å². The van der Waals surface area contributed by atoms with Crippen LogP contribution < -0.4 is 0 Å². The van der Waals surface area contributed by atoms with Crippen LogP contribution in [0.25, 0.3) is 0 Å². The minimum atomic E-state index is 0.127. The third-order valence-electron chi connectivity index (χ3n) is 3.14. The molecule has 0 spiro atoms. The normalized spacial score (nSPS) is 27.9. The molecule has 0 bridgehead atoms. The summed E-state index contributed by atoms with van der Waals surface area (Å²) in [5.41, 5.74) is 3.89. The summed E-state index contributed by atoms with van der Waals surface area (Å²) in [6.07, 6.45) is 6.46. The lowest BCUT2D eigenvalue weighted by atomic mass is 9.86. The lowest BCUT2D eigenvalue weighted by Crippen LogP contribution is -2.25. The highest BCUT2D eigenvalue weighted by Crippen LogP contribution is 2.71. The summed E-state index contributed by atoms with van der Waals surface area (Å²) in [5.74, 6) is 0.818. The van der Waals surface area contributed by atoms with Crippen LogP contribution in [0.3, 0.4) is 0 Å². The lowest BCUT2D eigenvalue weighted by molar-refractivity contribution is 0.513. The van der Waals surface area contributed by atoms with Crippen LogP contribution in [0.2, 0.25) is 0 Å². The third-order valence-corrected chi connectivity index (χ3v) is 14.6. The van der Waals surface area contributed by atoms with Crippen molar-refractivity contribution in [2.75, 3.05) is 0 Å². The summed E-state index contributed by atoms with van der Waals surface area (Å²) < 4.78 is 0. The molecule has 1 aromatic rings. The zero-order valence-electron chi connectivity index (χ0n) is 8.85. The van der Waals surface area contributed by atoms with Crippen LogP contribution in [0, 0.1) is 5.92 Å². The monoisotopic (exact) mass is 275 g/mol. The Balaban J connectivity index is 2.22. The average molecular weight is 275 g/mol. The minimum absolute atomic E-state index is 0.127. The van der Waals surface area contributed by atoms with Crippen LogP contribution in [0.4, 0.5) is 0 Å². The second kappa shape index (κ2) is 5.47. The first-order valence-electron chi connectivity index (χ1n) is 5.14. The van der Waals surface area contributed by atoms with Crippen LogP contribution in [0.1, 0.15) is 18.1 Å². The first-order valence-corrected chi connectivity index (χ1v) is 11.8. The summed E-state index contributed by atoms with van der Waals surface area (Å²) in [5, 5.41) is 0. The first kappa shape index (κ1) is 12.3. The molecular formula is C10H17NP4. The smallest absolute Gasteiger partial charge is 0.0302 e. The fraction of sp³-hybridized carbons (Fsp3) is 0.500. The molecule has 0 fully saturated rings.